The first kappa shape index (κ1) is 14.5. The lowest BCUT2D eigenvalue weighted by molar-refractivity contribution is 0.181. The van der Waals surface area contributed by atoms with Crippen molar-refractivity contribution in [3.63, 3.8) is 0 Å². The number of nitrogen functional groups attached to an aromatic ring is 1. The SMILES string of the molecule is COCc1nc(-c2ccc(OC)c(O)c2)nc(N)c1Br. The van der Waals surface area contributed by atoms with Crippen LogP contribution in [0.3, 0.4) is 0 Å². The van der Waals surface area contributed by atoms with E-state index in [1.165, 1.54) is 13.2 Å². The lowest BCUT2D eigenvalue weighted by atomic mass is 10.2. The highest BCUT2D eigenvalue weighted by molar-refractivity contribution is 9.10. The maximum Gasteiger partial charge on any atom is 0.162 e. The van der Waals surface area contributed by atoms with Crippen molar-refractivity contribution >= 4 is 21.7 Å². The van der Waals surface area contributed by atoms with Gasteiger partial charge >= 0.3 is 0 Å². The second-order valence-electron chi connectivity index (χ2n) is 4.01. The molecule has 0 amide bonds. The van der Waals surface area contributed by atoms with E-state index in [0.717, 1.165) is 0 Å². The summed E-state index contributed by atoms with van der Waals surface area (Å²) in [5.74, 6) is 1.13. The van der Waals surface area contributed by atoms with E-state index in [1.807, 2.05) is 0 Å². The molecule has 0 saturated heterocycles. The van der Waals surface area contributed by atoms with E-state index < -0.39 is 0 Å². The molecule has 1 heterocycles. The minimum atomic E-state index is 0.0170. The first-order valence-electron chi connectivity index (χ1n) is 5.75. The number of hydrogen-bond donors (Lipinski definition) is 2. The fraction of sp³-hybridized carbons (Fsp3) is 0.231. The minimum absolute atomic E-state index is 0.0170. The number of ether oxygens (including phenoxy) is 2. The van der Waals surface area contributed by atoms with Crippen molar-refractivity contribution in [2.45, 2.75) is 6.61 Å². The summed E-state index contributed by atoms with van der Waals surface area (Å²) in [5.41, 5.74) is 7.13. The number of methoxy groups -OCH3 is 2. The van der Waals surface area contributed by atoms with Crippen LogP contribution in [0.4, 0.5) is 5.82 Å². The Morgan fingerprint density at radius 1 is 1.30 bits per heavy atom. The Kier molecular flexibility index (Phi) is 4.41. The van der Waals surface area contributed by atoms with Crippen molar-refractivity contribution < 1.29 is 14.6 Å². The van der Waals surface area contributed by atoms with Crippen LogP contribution in [0.15, 0.2) is 22.7 Å². The molecule has 2 rings (SSSR count). The highest BCUT2D eigenvalue weighted by atomic mass is 79.9. The molecule has 0 bridgehead atoms. The van der Waals surface area contributed by atoms with Crippen molar-refractivity contribution in [3.05, 3.63) is 28.4 Å². The first-order valence-corrected chi connectivity index (χ1v) is 6.54. The van der Waals surface area contributed by atoms with Crippen molar-refractivity contribution in [1.29, 1.82) is 0 Å². The van der Waals surface area contributed by atoms with Gasteiger partial charge in [0.15, 0.2) is 17.3 Å². The number of halogens is 1. The van der Waals surface area contributed by atoms with Crippen LogP contribution in [-0.2, 0) is 11.3 Å². The topological polar surface area (TPSA) is 90.5 Å². The summed E-state index contributed by atoms with van der Waals surface area (Å²) in [4.78, 5) is 8.57. The molecule has 0 atom stereocenters. The summed E-state index contributed by atoms with van der Waals surface area (Å²) in [6, 6.07) is 4.91. The van der Waals surface area contributed by atoms with Gasteiger partial charge in [-0.1, -0.05) is 0 Å². The van der Waals surface area contributed by atoms with Crippen LogP contribution in [0.25, 0.3) is 11.4 Å². The van der Waals surface area contributed by atoms with Crippen LogP contribution in [0.5, 0.6) is 11.5 Å². The summed E-state index contributed by atoms with van der Waals surface area (Å²) in [7, 11) is 3.06. The molecular formula is C13H14BrN3O3. The van der Waals surface area contributed by atoms with Crippen LogP contribution in [0.2, 0.25) is 0 Å². The second kappa shape index (κ2) is 6.06. The minimum Gasteiger partial charge on any atom is -0.504 e. The van der Waals surface area contributed by atoms with E-state index in [-0.39, 0.29) is 5.75 Å². The molecular weight excluding hydrogens is 326 g/mol. The zero-order valence-electron chi connectivity index (χ0n) is 11.1. The monoisotopic (exact) mass is 339 g/mol. The summed E-state index contributed by atoms with van der Waals surface area (Å²) in [6.07, 6.45) is 0. The number of aromatic nitrogens is 2. The van der Waals surface area contributed by atoms with Gasteiger partial charge in [-0.15, -0.1) is 0 Å². The summed E-state index contributed by atoms with van der Waals surface area (Å²) in [5, 5.41) is 9.80. The molecule has 2 aromatic rings. The van der Waals surface area contributed by atoms with E-state index in [2.05, 4.69) is 25.9 Å². The number of anilines is 1. The number of hydrogen-bond acceptors (Lipinski definition) is 6. The highest BCUT2D eigenvalue weighted by Crippen LogP contribution is 2.31. The molecule has 0 aliphatic carbocycles. The molecule has 0 radical (unpaired) electrons. The first-order chi connectivity index (χ1) is 9.56. The summed E-state index contributed by atoms with van der Waals surface area (Å²) < 4.78 is 10.7. The number of phenols is 1. The van der Waals surface area contributed by atoms with Crippen molar-refractivity contribution in [2.24, 2.45) is 0 Å². The second-order valence-corrected chi connectivity index (χ2v) is 4.81. The van der Waals surface area contributed by atoms with Gasteiger partial charge in [-0.25, -0.2) is 9.97 Å². The normalized spacial score (nSPS) is 10.6. The average molecular weight is 340 g/mol. The Labute approximate surface area is 124 Å². The van der Waals surface area contributed by atoms with Gasteiger partial charge in [-0.2, -0.15) is 0 Å². The third-order valence-electron chi connectivity index (χ3n) is 2.66. The van der Waals surface area contributed by atoms with Gasteiger partial charge < -0.3 is 20.3 Å². The summed E-state index contributed by atoms with van der Waals surface area (Å²) in [6.45, 7) is 0.308. The van der Waals surface area contributed by atoms with E-state index in [1.54, 1.807) is 19.2 Å². The Morgan fingerprint density at radius 3 is 2.65 bits per heavy atom. The van der Waals surface area contributed by atoms with Crippen LogP contribution in [0.1, 0.15) is 5.69 Å². The fourth-order valence-corrected chi connectivity index (χ4v) is 2.00. The molecule has 7 heteroatoms. The zero-order valence-corrected chi connectivity index (χ0v) is 12.6. The number of benzene rings is 1. The van der Waals surface area contributed by atoms with Gasteiger partial charge in [0.1, 0.15) is 5.82 Å². The molecule has 0 fully saturated rings. The number of nitrogens with two attached hydrogens (primary N) is 1. The molecule has 1 aromatic heterocycles. The van der Waals surface area contributed by atoms with Crippen molar-refractivity contribution in [1.82, 2.24) is 9.97 Å². The largest absolute Gasteiger partial charge is 0.504 e. The Balaban J connectivity index is 2.49. The number of nitrogens with zero attached hydrogens (tertiary/aromatic N) is 2. The van der Waals surface area contributed by atoms with Crippen LogP contribution in [0, 0.1) is 0 Å². The van der Waals surface area contributed by atoms with Gasteiger partial charge in [-0.3, -0.25) is 0 Å². The van der Waals surface area contributed by atoms with Crippen LogP contribution >= 0.6 is 15.9 Å². The molecule has 106 valence electrons. The van der Waals surface area contributed by atoms with Crippen LogP contribution < -0.4 is 10.5 Å². The Bertz CT molecular complexity index is 634. The Hall–Kier alpha value is -1.86. The van der Waals surface area contributed by atoms with E-state index in [9.17, 15) is 5.11 Å². The standard InChI is InChI=1S/C13H14BrN3O3/c1-19-6-8-11(14)12(15)17-13(16-8)7-3-4-10(20-2)9(18)5-7/h3-5,18H,6H2,1-2H3,(H2,15,16,17). The van der Waals surface area contributed by atoms with E-state index in [4.69, 9.17) is 15.2 Å². The molecule has 0 spiro atoms. The number of phenolic OH excluding ortho intramolecular Hbond substituents is 1. The molecule has 20 heavy (non-hydrogen) atoms. The van der Waals surface area contributed by atoms with Crippen LogP contribution in [-0.4, -0.2) is 29.3 Å². The Morgan fingerprint density at radius 2 is 2.05 bits per heavy atom. The molecule has 0 saturated carbocycles. The predicted octanol–water partition coefficient (Wildman–Crippen LogP) is 2.35. The fourth-order valence-electron chi connectivity index (χ4n) is 1.70. The molecule has 0 aliphatic rings. The van der Waals surface area contributed by atoms with Crippen molar-refractivity contribution in [2.75, 3.05) is 20.0 Å². The number of rotatable bonds is 4. The van der Waals surface area contributed by atoms with Gasteiger partial charge in [0.05, 0.1) is 23.9 Å². The highest BCUT2D eigenvalue weighted by Gasteiger charge is 2.13. The predicted molar refractivity (Wildman–Crippen MR) is 78.5 cm³/mol. The van der Waals surface area contributed by atoms with Gasteiger partial charge in [0.25, 0.3) is 0 Å². The van der Waals surface area contributed by atoms with Gasteiger partial charge in [0, 0.05) is 12.7 Å². The van der Waals surface area contributed by atoms with Gasteiger partial charge in [0.2, 0.25) is 0 Å². The zero-order chi connectivity index (χ0) is 14.7. The maximum absolute atomic E-state index is 9.80. The lowest BCUT2D eigenvalue weighted by Gasteiger charge is -2.09. The summed E-state index contributed by atoms with van der Waals surface area (Å²) >= 11 is 3.33. The molecule has 3 N–H and O–H groups in total. The lowest BCUT2D eigenvalue weighted by Crippen LogP contribution is -2.03. The van der Waals surface area contributed by atoms with Gasteiger partial charge in [-0.05, 0) is 34.1 Å². The third-order valence-corrected chi connectivity index (χ3v) is 3.53. The van der Waals surface area contributed by atoms with E-state index >= 15 is 0 Å². The van der Waals surface area contributed by atoms with E-state index in [0.29, 0.717) is 39.7 Å². The average Bonchev–Trinajstić information content (AvgIpc) is 2.43. The quantitative estimate of drug-likeness (QED) is 0.888. The smallest absolute Gasteiger partial charge is 0.162 e. The molecule has 0 aliphatic heterocycles. The number of aromatic hydroxyl groups is 1. The maximum atomic E-state index is 9.80. The molecule has 6 nitrogen and oxygen atoms in total. The van der Waals surface area contributed by atoms with Crippen molar-refractivity contribution in [3.8, 4) is 22.9 Å². The molecule has 0 unspecified atom stereocenters. The molecule has 1 aromatic carbocycles. The third kappa shape index (κ3) is 2.83.